The lowest BCUT2D eigenvalue weighted by Crippen LogP contribution is -2.49. The molecule has 1 aliphatic heterocycles. The molecular formula is C25H25BrF3N5O4. The number of ether oxygens (including phenoxy) is 1. The predicted octanol–water partition coefficient (Wildman–Crippen LogP) is 4.57. The van der Waals surface area contributed by atoms with E-state index in [2.05, 4.69) is 26.1 Å². The summed E-state index contributed by atoms with van der Waals surface area (Å²) in [7, 11) is 1.61. The number of carbonyl (C=O) groups excluding carboxylic acids is 1. The number of para-hydroxylation sites is 2. The smallest absolute Gasteiger partial charge is 0.490 e. The number of aliphatic carboxylic acids is 1. The van der Waals surface area contributed by atoms with Crippen molar-refractivity contribution in [2.45, 2.75) is 25.1 Å². The number of hydrogen-bond donors (Lipinski definition) is 2. The number of benzene rings is 2. The zero-order valence-corrected chi connectivity index (χ0v) is 21.9. The molecule has 0 bridgehead atoms. The minimum absolute atomic E-state index is 0.00588. The van der Waals surface area contributed by atoms with Crippen LogP contribution in [0.3, 0.4) is 0 Å². The number of carbonyl (C=O) groups is 2. The molecule has 5 rings (SSSR count). The molecule has 9 nitrogen and oxygen atoms in total. The van der Waals surface area contributed by atoms with Gasteiger partial charge >= 0.3 is 12.1 Å². The molecular weight excluding hydrogens is 571 g/mol. The molecule has 2 heterocycles. The van der Waals surface area contributed by atoms with Crippen LogP contribution in [0.1, 0.15) is 23.2 Å². The predicted molar refractivity (Wildman–Crippen MR) is 139 cm³/mol. The Hall–Kier alpha value is -3.61. The van der Waals surface area contributed by atoms with Crippen molar-refractivity contribution in [2.24, 2.45) is 0 Å². The van der Waals surface area contributed by atoms with Crippen LogP contribution in [0.4, 0.5) is 24.8 Å². The van der Waals surface area contributed by atoms with Gasteiger partial charge in [-0.2, -0.15) is 13.2 Å². The SMILES string of the molecule is COc1ccc(Br)c(C(=O)N2CCN(c3nc4ccccc4nc3NC3CC3)CC2)c1.O=C(O)C(F)(F)F. The molecule has 13 heteroatoms. The van der Waals surface area contributed by atoms with Crippen LogP contribution in [0.2, 0.25) is 0 Å². The quantitative estimate of drug-likeness (QED) is 0.441. The maximum atomic E-state index is 13.1. The fourth-order valence-electron chi connectivity index (χ4n) is 3.82. The third-order valence-corrected chi connectivity index (χ3v) is 6.67. The highest BCUT2D eigenvalue weighted by Crippen LogP contribution is 2.31. The second-order valence-electron chi connectivity index (χ2n) is 8.73. The van der Waals surface area contributed by atoms with Gasteiger partial charge in [0.05, 0.1) is 23.7 Å². The molecule has 1 saturated heterocycles. The van der Waals surface area contributed by atoms with Crippen molar-refractivity contribution in [2.75, 3.05) is 43.5 Å². The van der Waals surface area contributed by atoms with Gasteiger partial charge < -0.3 is 25.0 Å². The zero-order valence-electron chi connectivity index (χ0n) is 20.3. The summed E-state index contributed by atoms with van der Waals surface area (Å²) in [5, 5.41) is 10.7. The highest BCUT2D eigenvalue weighted by atomic mass is 79.9. The lowest BCUT2D eigenvalue weighted by atomic mass is 10.1. The van der Waals surface area contributed by atoms with Crippen LogP contribution in [-0.4, -0.2) is 77.4 Å². The van der Waals surface area contributed by atoms with Crippen LogP contribution in [0.5, 0.6) is 5.75 Å². The molecule has 2 aliphatic rings. The zero-order chi connectivity index (χ0) is 27.4. The Bertz CT molecular complexity index is 1330. The summed E-state index contributed by atoms with van der Waals surface area (Å²) >= 11 is 3.50. The maximum Gasteiger partial charge on any atom is 0.490 e. The van der Waals surface area contributed by atoms with Crippen molar-refractivity contribution >= 4 is 50.5 Å². The first-order chi connectivity index (χ1) is 18.1. The fraction of sp³-hybridized carbons (Fsp3) is 0.360. The van der Waals surface area contributed by atoms with Crippen LogP contribution < -0.4 is 15.0 Å². The normalized spacial score (nSPS) is 15.5. The number of carboxylic acids is 1. The van der Waals surface area contributed by atoms with Crippen molar-refractivity contribution < 1.29 is 32.6 Å². The first-order valence-corrected chi connectivity index (χ1v) is 12.6. The van der Waals surface area contributed by atoms with E-state index in [-0.39, 0.29) is 5.91 Å². The summed E-state index contributed by atoms with van der Waals surface area (Å²) < 4.78 is 37.8. The molecule has 1 aromatic heterocycles. The van der Waals surface area contributed by atoms with Gasteiger partial charge in [0, 0.05) is 36.7 Å². The number of amides is 1. The number of methoxy groups -OCH3 is 1. The standard InChI is InChI=1S/C23H24BrN5O2.C2HF3O2/c1-31-16-8-9-18(24)17(14-16)23(30)29-12-10-28(11-13-29)22-21(25-15-6-7-15)26-19-4-2-3-5-20(19)27-22;3-2(4,5)1(6)7/h2-5,8-9,14-15H,6-7,10-13H2,1H3,(H,25,26);(H,6,7). The topological polar surface area (TPSA) is 108 Å². The van der Waals surface area contributed by atoms with Crippen molar-refractivity contribution in [3.63, 3.8) is 0 Å². The summed E-state index contributed by atoms with van der Waals surface area (Å²) in [6.07, 6.45) is -2.74. The summed E-state index contributed by atoms with van der Waals surface area (Å²) in [5.74, 6) is -0.358. The number of piperazine rings is 1. The van der Waals surface area contributed by atoms with Crippen LogP contribution in [0, 0.1) is 0 Å². The largest absolute Gasteiger partial charge is 0.497 e. The van der Waals surface area contributed by atoms with Gasteiger partial charge in [0.25, 0.3) is 5.91 Å². The number of aromatic nitrogens is 2. The Balaban J connectivity index is 0.000000426. The number of anilines is 2. The summed E-state index contributed by atoms with van der Waals surface area (Å²) in [4.78, 5) is 35.9. The summed E-state index contributed by atoms with van der Waals surface area (Å²) in [5.41, 5.74) is 2.40. The van der Waals surface area contributed by atoms with Gasteiger partial charge in [-0.3, -0.25) is 4.79 Å². The summed E-state index contributed by atoms with van der Waals surface area (Å²) in [6, 6.07) is 13.9. The average Bonchev–Trinajstić information content (AvgIpc) is 3.72. The van der Waals surface area contributed by atoms with E-state index < -0.39 is 12.1 Å². The highest BCUT2D eigenvalue weighted by Gasteiger charge is 2.38. The Morgan fingerprint density at radius 3 is 2.21 bits per heavy atom. The molecule has 2 aromatic carbocycles. The number of fused-ring (bicyclic) bond motifs is 1. The fourth-order valence-corrected chi connectivity index (χ4v) is 4.23. The number of nitrogens with one attached hydrogen (secondary N) is 1. The molecule has 2 fully saturated rings. The lowest BCUT2D eigenvalue weighted by molar-refractivity contribution is -0.192. The Kier molecular flexibility index (Phi) is 8.24. The van der Waals surface area contributed by atoms with Gasteiger partial charge in [0.15, 0.2) is 11.6 Å². The van der Waals surface area contributed by atoms with Crippen molar-refractivity contribution in [1.29, 1.82) is 0 Å². The van der Waals surface area contributed by atoms with Gasteiger partial charge in [-0.05, 0) is 59.1 Å². The average molecular weight is 596 g/mol. The molecule has 0 atom stereocenters. The highest BCUT2D eigenvalue weighted by molar-refractivity contribution is 9.10. The first-order valence-electron chi connectivity index (χ1n) is 11.8. The molecule has 38 heavy (non-hydrogen) atoms. The number of carboxylic acid groups (broad SMARTS) is 1. The molecule has 202 valence electrons. The molecule has 1 amide bonds. The van der Waals surface area contributed by atoms with E-state index in [1.165, 1.54) is 12.8 Å². The molecule has 2 N–H and O–H groups in total. The third kappa shape index (κ3) is 6.63. The summed E-state index contributed by atoms with van der Waals surface area (Å²) in [6.45, 7) is 2.67. The Morgan fingerprint density at radius 2 is 1.66 bits per heavy atom. The van der Waals surface area contributed by atoms with E-state index in [1.54, 1.807) is 13.2 Å². The Morgan fingerprint density at radius 1 is 1.05 bits per heavy atom. The van der Waals surface area contributed by atoms with Crippen LogP contribution in [0.25, 0.3) is 11.0 Å². The molecule has 0 radical (unpaired) electrons. The van der Waals surface area contributed by atoms with E-state index in [4.69, 9.17) is 24.6 Å². The number of rotatable bonds is 5. The minimum atomic E-state index is -5.08. The molecule has 1 aliphatic carbocycles. The molecule has 3 aromatic rings. The molecule has 1 saturated carbocycles. The Labute approximate surface area is 224 Å². The van der Waals surface area contributed by atoms with E-state index in [9.17, 15) is 18.0 Å². The van der Waals surface area contributed by atoms with Gasteiger partial charge in [-0.25, -0.2) is 14.8 Å². The van der Waals surface area contributed by atoms with Crippen LogP contribution in [-0.2, 0) is 4.79 Å². The van der Waals surface area contributed by atoms with Crippen molar-refractivity contribution in [3.05, 3.63) is 52.5 Å². The van der Waals surface area contributed by atoms with Crippen LogP contribution >= 0.6 is 15.9 Å². The van der Waals surface area contributed by atoms with E-state index >= 15 is 0 Å². The van der Waals surface area contributed by atoms with Crippen molar-refractivity contribution in [1.82, 2.24) is 14.9 Å². The van der Waals surface area contributed by atoms with E-state index in [1.807, 2.05) is 41.3 Å². The van der Waals surface area contributed by atoms with Gasteiger partial charge in [-0.1, -0.05) is 12.1 Å². The third-order valence-electron chi connectivity index (χ3n) is 5.98. The van der Waals surface area contributed by atoms with Crippen molar-refractivity contribution in [3.8, 4) is 5.75 Å². The molecule has 0 unspecified atom stereocenters. The van der Waals surface area contributed by atoms with Gasteiger partial charge in [0.2, 0.25) is 0 Å². The van der Waals surface area contributed by atoms with Gasteiger partial charge in [-0.15, -0.1) is 0 Å². The second-order valence-corrected chi connectivity index (χ2v) is 9.59. The maximum absolute atomic E-state index is 13.1. The van der Waals surface area contributed by atoms with Gasteiger partial charge in [0.1, 0.15) is 5.75 Å². The monoisotopic (exact) mass is 595 g/mol. The first kappa shape index (κ1) is 27.4. The second kappa shape index (κ2) is 11.4. The number of halogens is 4. The lowest BCUT2D eigenvalue weighted by Gasteiger charge is -2.36. The van der Waals surface area contributed by atoms with E-state index in [0.29, 0.717) is 43.5 Å². The number of alkyl halides is 3. The minimum Gasteiger partial charge on any atom is -0.497 e. The molecule has 0 spiro atoms. The van der Waals surface area contributed by atoms with E-state index in [0.717, 1.165) is 27.1 Å². The van der Waals surface area contributed by atoms with Crippen LogP contribution in [0.15, 0.2) is 46.9 Å². The number of nitrogens with zero attached hydrogens (tertiary/aromatic N) is 4. The number of hydrogen-bond acceptors (Lipinski definition) is 7.